The highest BCUT2D eigenvalue weighted by Gasteiger charge is 2.16. The third kappa shape index (κ3) is 9.56. The summed E-state index contributed by atoms with van der Waals surface area (Å²) in [4.78, 5) is 28.7. The Morgan fingerprint density at radius 3 is 1.39 bits per heavy atom. The second kappa shape index (κ2) is 16.4. The van der Waals surface area contributed by atoms with Crippen molar-refractivity contribution in [1.29, 1.82) is 0 Å². The number of esters is 2. The van der Waals surface area contributed by atoms with Crippen molar-refractivity contribution >= 4 is 33.5 Å². The van der Waals surface area contributed by atoms with Crippen LogP contribution in [0.2, 0.25) is 0 Å². The summed E-state index contributed by atoms with van der Waals surface area (Å²) < 4.78 is 23.0. The summed E-state index contributed by atoms with van der Waals surface area (Å²) >= 11 is 0. The van der Waals surface area contributed by atoms with Gasteiger partial charge in [-0.15, -0.1) is 0 Å². The van der Waals surface area contributed by atoms with Gasteiger partial charge in [-0.25, -0.2) is 9.59 Å². The van der Waals surface area contributed by atoms with Crippen LogP contribution in [0.25, 0.3) is 21.5 Å². The summed E-state index contributed by atoms with van der Waals surface area (Å²) in [7, 11) is 7.71. The number of nitrogens with zero attached hydrogens (tertiary/aromatic N) is 2. The highest BCUT2D eigenvalue weighted by molar-refractivity contribution is 5.91. The molecule has 0 spiro atoms. The quantitative estimate of drug-likeness (QED) is 0.120. The fourth-order valence-electron chi connectivity index (χ4n) is 4.82. The van der Waals surface area contributed by atoms with Crippen LogP contribution in [-0.4, -0.2) is 88.4 Å². The Bertz CT molecular complexity index is 1420. The molecule has 2 unspecified atom stereocenters. The molecule has 0 heterocycles. The first-order valence-corrected chi connectivity index (χ1v) is 14.9. The van der Waals surface area contributed by atoms with Crippen LogP contribution in [0.4, 0.5) is 0 Å². The monoisotopic (exact) mass is 598 g/mol. The normalized spacial score (nSPS) is 13.0. The molecule has 0 bridgehead atoms. The molecular weight excluding hydrogens is 556 g/mol. The van der Waals surface area contributed by atoms with Gasteiger partial charge >= 0.3 is 11.9 Å². The molecule has 232 valence electrons. The van der Waals surface area contributed by atoms with Crippen molar-refractivity contribution < 1.29 is 28.5 Å². The summed E-state index contributed by atoms with van der Waals surface area (Å²) in [6.45, 7) is 1.28. The third-order valence-corrected chi connectivity index (χ3v) is 7.57. The molecule has 0 saturated heterocycles. The van der Waals surface area contributed by atoms with Crippen molar-refractivity contribution in [2.75, 3.05) is 54.6 Å². The Morgan fingerprint density at radius 2 is 0.977 bits per heavy atom. The third-order valence-electron chi connectivity index (χ3n) is 7.57. The number of ether oxygens (including phenoxy) is 4. The van der Waals surface area contributed by atoms with Gasteiger partial charge in [-0.3, -0.25) is 0 Å². The highest BCUT2D eigenvalue weighted by atomic mass is 16.5. The minimum Gasteiger partial charge on any atom is -0.493 e. The second-order valence-electron chi connectivity index (χ2n) is 11.1. The van der Waals surface area contributed by atoms with Gasteiger partial charge in [0.2, 0.25) is 0 Å². The Labute approximate surface area is 259 Å². The standard InChI is InChI=1S/C36H42N2O6/c1-37(2)29(21-23-41-33-17-9-13-27-11-5-7-15-31(27)33)25-43-35(39)19-20-36(40)44-26-30(38(3)4)22-24-42-34-18-10-14-28-12-6-8-16-32(28)34/h5-20,29-30H,21-26H2,1-4H3/b20-19-. The zero-order valence-electron chi connectivity index (χ0n) is 26.0. The zero-order chi connectivity index (χ0) is 31.3. The van der Waals surface area contributed by atoms with Gasteiger partial charge in [0.15, 0.2) is 0 Å². The van der Waals surface area contributed by atoms with E-state index in [9.17, 15) is 9.59 Å². The van der Waals surface area contributed by atoms with Gasteiger partial charge in [0, 0.05) is 47.8 Å². The SMILES string of the molecule is CN(C)C(CCOc1cccc2ccccc12)COC(=O)/C=C\C(=O)OCC(CCOc1cccc2ccccc12)N(C)C. The smallest absolute Gasteiger partial charge is 0.331 e. The molecule has 0 fully saturated rings. The number of hydrogen-bond donors (Lipinski definition) is 0. The first-order valence-electron chi connectivity index (χ1n) is 14.9. The number of likely N-dealkylation sites (N-methyl/N-ethyl adjacent to an activating group) is 2. The van der Waals surface area contributed by atoms with Gasteiger partial charge in [-0.1, -0.05) is 72.8 Å². The van der Waals surface area contributed by atoms with Gasteiger partial charge < -0.3 is 28.7 Å². The van der Waals surface area contributed by atoms with Crippen LogP contribution >= 0.6 is 0 Å². The number of fused-ring (bicyclic) bond motifs is 2. The summed E-state index contributed by atoms with van der Waals surface area (Å²) in [5, 5.41) is 4.37. The van der Waals surface area contributed by atoms with Crippen LogP contribution in [0.5, 0.6) is 11.5 Å². The lowest BCUT2D eigenvalue weighted by Gasteiger charge is -2.24. The molecule has 4 aromatic rings. The van der Waals surface area contributed by atoms with E-state index in [-0.39, 0.29) is 25.3 Å². The van der Waals surface area contributed by atoms with Crippen molar-refractivity contribution in [3.63, 3.8) is 0 Å². The summed E-state index contributed by atoms with van der Waals surface area (Å²) in [5.41, 5.74) is 0. The molecular formula is C36H42N2O6. The summed E-state index contributed by atoms with van der Waals surface area (Å²) in [6, 6.07) is 28.0. The molecule has 4 aromatic carbocycles. The van der Waals surface area contributed by atoms with E-state index in [0.29, 0.717) is 26.1 Å². The van der Waals surface area contributed by atoms with Crippen LogP contribution in [0.15, 0.2) is 97.1 Å². The van der Waals surface area contributed by atoms with E-state index in [4.69, 9.17) is 18.9 Å². The Morgan fingerprint density at radius 1 is 0.591 bits per heavy atom. The Balaban J connectivity index is 1.17. The number of rotatable bonds is 16. The van der Waals surface area contributed by atoms with E-state index >= 15 is 0 Å². The van der Waals surface area contributed by atoms with Crippen molar-refractivity contribution in [2.45, 2.75) is 24.9 Å². The van der Waals surface area contributed by atoms with Gasteiger partial charge in [-0.05, 0) is 51.1 Å². The summed E-state index contributed by atoms with van der Waals surface area (Å²) in [6.07, 6.45) is 3.53. The predicted octanol–water partition coefficient (Wildman–Crippen LogP) is 5.73. The average Bonchev–Trinajstić information content (AvgIpc) is 3.03. The van der Waals surface area contributed by atoms with E-state index in [1.807, 2.05) is 98.7 Å². The van der Waals surface area contributed by atoms with Crippen LogP contribution in [0, 0.1) is 0 Å². The maximum Gasteiger partial charge on any atom is 0.331 e. The average molecular weight is 599 g/mol. The predicted molar refractivity (Wildman–Crippen MR) is 174 cm³/mol. The van der Waals surface area contributed by atoms with Crippen LogP contribution < -0.4 is 9.47 Å². The molecule has 0 amide bonds. The molecule has 0 N–H and O–H groups in total. The van der Waals surface area contributed by atoms with Crippen molar-refractivity contribution in [2.24, 2.45) is 0 Å². The van der Waals surface area contributed by atoms with E-state index in [1.165, 1.54) is 0 Å². The summed E-state index contributed by atoms with van der Waals surface area (Å²) in [5.74, 6) is 0.452. The molecule has 8 nitrogen and oxygen atoms in total. The number of benzene rings is 4. The number of hydrogen-bond acceptors (Lipinski definition) is 8. The Kier molecular flexibility index (Phi) is 12.2. The van der Waals surface area contributed by atoms with Gasteiger partial charge in [-0.2, -0.15) is 0 Å². The lowest BCUT2D eigenvalue weighted by molar-refractivity contribution is -0.142. The number of carbonyl (C=O) groups is 2. The van der Waals surface area contributed by atoms with E-state index < -0.39 is 11.9 Å². The molecule has 8 heteroatoms. The van der Waals surface area contributed by atoms with Gasteiger partial charge in [0.25, 0.3) is 0 Å². The minimum absolute atomic E-state index is 0.0498. The topological polar surface area (TPSA) is 77.5 Å². The van der Waals surface area contributed by atoms with E-state index in [1.54, 1.807) is 0 Å². The molecule has 44 heavy (non-hydrogen) atoms. The molecule has 2 atom stereocenters. The Hall–Kier alpha value is -4.40. The number of carbonyl (C=O) groups excluding carboxylic acids is 2. The zero-order valence-corrected chi connectivity index (χ0v) is 26.0. The van der Waals surface area contributed by atoms with Crippen LogP contribution in [-0.2, 0) is 19.1 Å². The lowest BCUT2D eigenvalue weighted by atomic mass is 10.1. The van der Waals surface area contributed by atoms with Crippen LogP contribution in [0.1, 0.15) is 12.8 Å². The maximum absolute atomic E-state index is 12.3. The van der Waals surface area contributed by atoms with Crippen molar-refractivity contribution in [3.05, 3.63) is 97.1 Å². The largest absolute Gasteiger partial charge is 0.493 e. The molecule has 0 aromatic heterocycles. The van der Waals surface area contributed by atoms with Gasteiger partial charge in [0.1, 0.15) is 24.7 Å². The molecule has 0 aliphatic heterocycles. The van der Waals surface area contributed by atoms with E-state index in [2.05, 4.69) is 24.3 Å². The fourth-order valence-corrected chi connectivity index (χ4v) is 4.82. The molecule has 4 rings (SSSR count). The molecule has 0 radical (unpaired) electrons. The fraction of sp³-hybridized carbons (Fsp3) is 0.333. The van der Waals surface area contributed by atoms with E-state index in [0.717, 1.165) is 45.2 Å². The second-order valence-corrected chi connectivity index (χ2v) is 11.1. The molecule has 0 aliphatic carbocycles. The highest BCUT2D eigenvalue weighted by Crippen LogP contribution is 2.26. The minimum atomic E-state index is -0.601. The van der Waals surface area contributed by atoms with Gasteiger partial charge in [0.05, 0.1) is 13.2 Å². The van der Waals surface area contributed by atoms with Crippen molar-refractivity contribution in [1.82, 2.24) is 9.80 Å². The van der Waals surface area contributed by atoms with Crippen LogP contribution in [0.3, 0.4) is 0 Å². The van der Waals surface area contributed by atoms with Crippen molar-refractivity contribution in [3.8, 4) is 11.5 Å². The molecule has 0 aliphatic rings. The maximum atomic E-state index is 12.3. The molecule has 0 saturated carbocycles. The first kappa shape index (κ1) is 32.5. The lowest BCUT2D eigenvalue weighted by Crippen LogP contribution is -2.35. The first-order chi connectivity index (χ1) is 21.3.